The first-order valence-corrected chi connectivity index (χ1v) is 12.4. The van der Waals surface area contributed by atoms with Crippen molar-refractivity contribution >= 4 is 34.3 Å². The van der Waals surface area contributed by atoms with Gasteiger partial charge in [0, 0.05) is 10.4 Å². The molecule has 1 N–H and O–H groups in total. The number of anilines is 1. The molecule has 35 heavy (non-hydrogen) atoms. The van der Waals surface area contributed by atoms with Crippen LogP contribution < -0.4 is 10.1 Å². The van der Waals surface area contributed by atoms with E-state index in [1.54, 1.807) is 19.1 Å². The number of nitrogens with one attached hydrogen (secondary N) is 1. The monoisotopic (exact) mass is 486 g/mol. The third-order valence-corrected chi connectivity index (χ3v) is 6.91. The van der Waals surface area contributed by atoms with Crippen molar-refractivity contribution in [2.75, 3.05) is 11.9 Å². The SMILES string of the molecule is CCOC(=O)c1c(NC(=O)/C(C#N)=C\c2ccccc2OCc2ccccc2)sc2c1CCCC2. The first kappa shape index (κ1) is 24.2. The summed E-state index contributed by atoms with van der Waals surface area (Å²) in [6, 6.07) is 19.0. The van der Waals surface area contributed by atoms with Crippen LogP contribution in [0.3, 0.4) is 0 Å². The molecule has 1 aromatic heterocycles. The van der Waals surface area contributed by atoms with Gasteiger partial charge in [-0.05, 0) is 55.9 Å². The molecule has 0 atom stereocenters. The second kappa shape index (κ2) is 11.5. The second-order valence-corrected chi connectivity index (χ2v) is 9.18. The Morgan fingerprint density at radius 1 is 1.09 bits per heavy atom. The molecule has 0 aliphatic heterocycles. The van der Waals surface area contributed by atoms with Gasteiger partial charge in [0.05, 0.1) is 12.2 Å². The molecule has 7 heteroatoms. The van der Waals surface area contributed by atoms with Crippen molar-refractivity contribution in [2.24, 2.45) is 0 Å². The summed E-state index contributed by atoms with van der Waals surface area (Å²) >= 11 is 1.39. The summed E-state index contributed by atoms with van der Waals surface area (Å²) in [5.74, 6) is -0.449. The van der Waals surface area contributed by atoms with E-state index in [1.165, 1.54) is 17.4 Å². The van der Waals surface area contributed by atoms with E-state index in [1.807, 2.05) is 48.5 Å². The van der Waals surface area contributed by atoms with Crippen molar-refractivity contribution in [3.05, 3.63) is 87.3 Å². The number of ether oxygens (including phenoxy) is 2. The minimum absolute atomic E-state index is 0.0815. The van der Waals surface area contributed by atoms with Crippen LogP contribution in [0.1, 0.15) is 51.7 Å². The molecule has 178 valence electrons. The highest BCUT2D eigenvalue weighted by molar-refractivity contribution is 7.17. The van der Waals surface area contributed by atoms with Crippen LogP contribution in [0.15, 0.2) is 60.2 Å². The zero-order valence-electron chi connectivity index (χ0n) is 19.5. The molecule has 1 aliphatic rings. The quantitative estimate of drug-likeness (QED) is 0.242. The molecule has 4 rings (SSSR count). The topological polar surface area (TPSA) is 88.4 Å². The number of thiophene rings is 1. The number of para-hydroxylation sites is 1. The molecule has 0 fully saturated rings. The number of rotatable bonds is 8. The number of nitriles is 1. The fraction of sp³-hybridized carbons (Fsp3) is 0.250. The molecule has 0 unspecified atom stereocenters. The molecule has 0 saturated carbocycles. The average molecular weight is 487 g/mol. The molecule has 1 aliphatic carbocycles. The van der Waals surface area contributed by atoms with E-state index in [4.69, 9.17) is 9.47 Å². The molecule has 1 amide bonds. The number of fused-ring (bicyclic) bond motifs is 1. The van der Waals surface area contributed by atoms with Gasteiger partial charge in [-0.3, -0.25) is 4.79 Å². The third-order valence-electron chi connectivity index (χ3n) is 5.70. The Bertz CT molecular complexity index is 1290. The maximum Gasteiger partial charge on any atom is 0.341 e. The largest absolute Gasteiger partial charge is 0.488 e. The van der Waals surface area contributed by atoms with E-state index in [-0.39, 0.29) is 12.2 Å². The summed E-state index contributed by atoms with van der Waals surface area (Å²) in [5.41, 5.74) is 2.92. The van der Waals surface area contributed by atoms with Crippen molar-refractivity contribution in [3.8, 4) is 11.8 Å². The summed E-state index contributed by atoms with van der Waals surface area (Å²) < 4.78 is 11.2. The highest BCUT2D eigenvalue weighted by Crippen LogP contribution is 2.39. The Labute approximate surface area is 208 Å². The Hall–Kier alpha value is -3.89. The lowest BCUT2D eigenvalue weighted by molar-refractivity contribution is -0.112. The lowest BCUT2D eigenvalue weighted by atomic mass is 9.95. The normalized spacial score (nSPS) is 12.9. The number of hydrogen-bond donors (Lipinski definition) is 1. The standard InChI is InChI=1S/C28H26N2O4S/c1-2-33-28(32)25-22-13-7-9-15-24(22)35-27(25)30-26(31)21(17-29)16-20-12-6-8-14-23(20)34-18-19-10-4-3-5-11-19/h3-6,8,10-12,14,16H,2,7,9,13,15,18H2,1H3,(H,30,31)/b21-16-. The van der Waals surface area contributed by atoms with Crippen molar-refractivity contribution in [2.45, 2.75) is 39.2 Å². The molecule has 0 radical (unpaired) electrons. The van der Waals surface area contributed by atoms with Crippen molar-refractivity contribution in [1.29, 1.82) is 5.26 Å². The molecule has 0 spiro atoms. The van der Waals surface area contributed by atoms with E-state index in [2.05, 4.69) is 5.32 Å². The van der Waals surface area contributed by atoms with Gasteiger partial charge in [-0.2, -0.15) is 5.26 Å². The van der Waals surface area contributed by atoms with E-state index >= 15 is 0 Å². The first-order valence-electron chi connectivity index (χ1n) is 11.6. The number of aryl methyl sites for hydroxylation is 1. The van der Waals surface area contributed by atoms with Crippen LogP contribution >= 0.6 is 11.3 Å². The van der Waals surface area contributed by atoms with E-state index in [9.17, 15) is 14.9 Å². The van der Waals surface area contributed by atoms with Crippen molar-refractivity contribution in [1.82, 2.24) is 0 Å². The van der Waals surface area contributed by atoms with E-state index in [0.717, 1.165) is 41.7 Å². The van der Waals surface area contributed by atoms with Gasteiger partial charge in [0.25, 0.3) is 5.91 Å². The number of carbonyl (C=O) groups excluding carboxylic acids is 2. The van der Waals surface area contributed by atoms with Gasteiger partial charge < -0.3 is 14.8 Å². The Kier molecular flexibility index (Phi) is 7.96. The van der Waals surface area contributed by atoms with Gasteiger partial charge >= 0.3 is 5.97 Å². The zero-order valence-corrected chi connectivity index (χ0v) is 20.3. The molecular formula is C28H26N2O4S. The van der Waals surface area contributed by atoms with Gasteiger partial charge in [0.15, 0.2) is 0 Å². The van der Waals surface area contributed by atoms with E-state index < -0.39 is 11.9 Å². The highest BCUT2D eigenvalue weighted by atomic mass is 32.1. The predicted molar refractivity (Wildman–Crippen MR) is 136 cm³/mol. The van der Waals surface area contributed by atoms with Gasteiger partial charge in [0.1, 0.15) is 29.0 Å². The Morgan fingerprint density at radius 3 is 2.60 bits per heavy atom. The molecule has 0 bridgehead atoms. The van der Waals surface area contributed by atoms with Crippen LogP contribution in [-0.4, -0.2) is 18.5 Å². The molecule has 2 aromatic carbocycles. The predicted octanol–water partition coefficient (Wildman–Crippen LogP) is 5.93. The molecule has 3 aromatic rings. The summed E-state index contributed by atoms with van der Waals surface area (Å²) in [4.78, 5) is 26.9. The number of carbonyl (C=O) groups is 2. The van der Waals surface area contributed by atoms with Crippen LogP contribution in [0, 0.1) is 11.3 Å². The first-order chi connectivity index (χ1) is 17.1. The smallest absolute Gasteiger partial charge is 0.341 e. The molecule has 1 heterocycles. The minimum Gasteiger partial charge on any atom is -0.488 e. The lowest BCUT2D eigenvalue weighted by Gasteiger charge is -2.12. The molecular weight excluding hydrogens is 460 g/mol. The maximum atomic E-state index is 13.1. The van der Waals surface area contributed by atoms with Crippen LogP contribution in [0.5, 0.6) is 5.75 Å². The second-order valence-electron chi connectivity index (χ2n) is 8.07. The highest BCUT2D eigenvalue weighted by Gasteiger charge is 2.27. The number of nitrogens with zero attached hydrogens (tertiary/aromatic N) is 1. The number of amides is 1. The van der Waals surface area contributed by atoms with Crippen molar-refractivity contribution in [3.63, 3.8) is 0 Å². The number of esters is 1. The van der Waals surface area contributed by atoms with Gasteiger partial charge in [-0.1, -0.05) is 48.5 Å². The summed E-state index contributed by atoms with van der Waals surface area (Å²) in [6.07, 6.45) is 5.20. The number of hydrogen-bond acceptors (Lipinski definition) is 6. The summed E-state index contributed by atoms with van der Waals surface area (Å²) in [5, 5.41) is 13.0. The maximum absolute atomic E-state index is 13.1. The van der Waals surface area contributed by atoms with Crippen LogP contribution in [0.25, 0.3) is 6.08 Å². The molecule has 0 saturated heterocycles. The van der Waals surface area contributed by atoms with Gasteiger partial charge in [0.2, 0.25) is 0 Å². The van der Waals surface area contributed by atoms with Gasteiger partial charge in [-0.25, -0.2) is 4.79 Å². The Balaban J connectivity index is 1.58. The van der Waals surface area contributed by atoms with Crippen molar-refractivity contribution < 1.29 is 19.1 Å². The third kappa shape index (κ3) is 5.79. The lowest BCUT2D eigenvalue weighted by Crippen LogP contribution is -2.16. The Morgan fingerprint density at radius 2 is 1.83 bits per heavy atom. The summed E-state index contributed by atoms with van der Waals surface area (Å²) in [6.45, 7) is 2.37. The zero-order chi connectivity index (χ0) is 24.6. The molecule has 6 nitrogen and oxygen atoms in total. The average Bonchev–Trinajstić information content (AvgIpc) is 3.25. The van der Waals surface area contributed by atoms with Gasteiger partial charge in [-0.15, -0.1) is 11.3 Å². The fourth-order valence-corrected chi connectivity index (χ4v) is 5.29. The summed E-state index contributed by atoms with van der Waals surface area (Å²) in [7, 11) is 0. The van der Waals surface area contributed by atoms with Crippen LogP contribution in [-0.2, 0) is 29.0 Å². The van der Waals surface area contributed by atoms with Crippen LogP contribution in [0.2, 0.25) is 0 Å². The van der Waals surface area contributed by atoms with E-state index in [0.29, 0.717) is 28.5 Å². The van der Waals surface area contributed by atoms with Crippen LogP contribution in [0.4, 0.5) is 5.00 Å². The fourth-order valence-electron chi connectivity index (χ4n) is 4.01. The minimum atomic E-state index is -0.575. The number of benzene rings is 2.